The first kappa shape index (κ1) is 18.5. The number of aliphatic hydroxyl groups is 1. The van der Waals surface area contributed by atoms with Crippen molar-refractivity contribution >= 4 is 22.5 Å². The number of hydrogen-bond donors (Lipinski definition) is 6. The molecule has 0 saturated carbocycles. The molecule has 0 aliphatic heterocycles. The Morgan fingerprint density at radius 2 is 1.08 bits per heavy atom. The Morgan fingerprint density at radius 3 is 1.08 bits per heavy atom. The summed E-state index contributed by atoms with van der Waals surface area (Å²) in [6.07, 6.45) is 0. The molecular formula is C2H10O9P2. The van der Waals surface area contributed by atoms with E-state index in [0.717, 1.165) is 0 Å². The van der Waals surface area contributed by atoms with Crippen molar-refractivity contribution in [1.29, 1.82) is 0 Å². The van der Waals surface area contributed by atoms with Gasteiger partial charge in [0.2, 0.25) is 0 Å². The van der Waals surface area contributed by atoms with Gasteiger partial charge in [0.1, 0.15) is 6.61 Å². The second kappa shape index (κ2) is 14.3. The minimum Gasteiger partial charge on any atom is -0.480 e. The molecule has 0 spiro atoms. The molecule has 13 heavy (non-hydrogen) atoms. The molecule has 0 radical (unpaired) electrons. The molecule has 0 saturated heterocycles. The molecule has 82 valence electrons. The zero-order valence-corrected chi connectivity index (χ0v) is 8.12. The van der Waals surface area contributed by atoms with E-state index in [9.17, 15) is 0 Å². The van der Waals surface area contributed by atoms with Gasteiger partial charge in [0, 0.05) is 0 Å². The van der Waals surface area contributed by atoms with E-state index in [4.69, 9.17) is 43.7 Å². The highest BCUT2D eigenvalue weighted by Gasteiger charge is 1.82. The summed E-state index contributed by atoms with van der Waals surface area (Å²) in [5, 5.41) is 15.0. The fourth-order valence-electron chi connectivity index (χ4n) is 0. The summed E-state index contributed by atoms with van der Waals surface area (Å²) in [5.41, 5.74) is 0. The lowest BCUT2D eigenvalue weighted by molar-refractivity contribution is -0.140. The van der Waals surface area contributed by atoms with E-state index in [1.54, 1.807) is 0 Å². The van der Waals surface area contributed by atoms with Crippen LogP contribution in [0.4, 0.5) is 0 Å². The van der Waals surface area contributed by atoms with Crippen molar-refractivity contribution in [1.82, 2.24) is 0 Å². The van der Waals surface area contributed by atoms with Gasteiger partial charge in [-0.3, -0.25) is 9.13 Å². The van der Waals surface area contributed by atoms with Crippen LogP contribution in [0.15, 0.2) is 0 Å². The highest BCUT2D eigenvalue weighted by Crippen LogP contribution is 1.98. The monoisotopic (exact) mass is 240 g/mol. The van der Waals surface area contributed by atoms with Crippen LogP contribution in [0.5, 0.6) is 0 Å². The Kier molecular flexibility index (Phi) is 20.3. The van der Waals surface area contributed by atoms with Crippen molar-refractivity contribution in [2.24, 2.45) is 0 Å². The van der Waals surface area contributed by atoms with Crippen LogP contribution < -0.4 is 0 Å². The smallest absolute Gasteiger partial charge is 0.329 e. The molecule has 0 aliphatic rings. The van der Waals surface area contributed by atoms with Crippen molar-refractivity contribution in [3.05, 3.63) is 0 Å². The minimum atomic E-state index is -3.13. The first-order valence-electron chi connectivity index (χ1n) is 2.40. The Balaban J connectivity index is -0.000000117. The van der Waals surface area contributed by atoms with E-state index < -0.39 is 29.1 Å². The first-order chi connectivity index (χ1) is 5.73. The maximum absolute atomic E-state index is 9.12. The molecule has 0 rings (SSSR count). The molecule has 0 amide bonds. The fraction of sp³-hybridized carbons (Fsp3) is 0.500. The summed E-state index contributed by atoms with van der Waals surface area (Å²) >= 11 is 0. The summed E-state index contributed by atoms with van der Waals surface area (Å²) in [6.45, 7) is -0.778. The molecule has 0 fully saturated rings. The number of hydrogen-bond acceptors (Lipinski definition) is 4. The Labute approximate surface area is 73.8 Å². The van der Waals surface area contributed by atoms with Crippen molar-refractivity contribution in [2.45, 2.75) is 0 Å². The van der Waals surface area contributed by atoms with Gasteiger partial charge in [0.25, 0.3) is 0 Å². The molecule has 0 aliphatic carbocycles. The second-order valence-corrected chi connectivity index (χ2v) is 2.25. The minimum absolute atomic E-state index is 0.778. The highest BCUT2D eigenvalue weighted by atomic mass is 31.1. The second-order valence-electron chi connectivity index (χ2n) is 1.12. The van der Waals surface area contributed by atoms with Crippen LogP contribution in [0.25, 0.3) is 0 Å². The molecule has 0 unspecified atom stereocenters. The maximum Gasteiger partial charge on any atom is 0.329 e. The van der Waals surface area contributed by atoms with Crippen LogP contribution >= 0.6 is 16.5 Å². The van der Waals surface area contributed by atoms with Gasteiger partial charge in [-0.1, -0.05) is 0 Å². The third-order valence-electron chi connectivity index (χ3n) is 0.135. The summed E-state index contributed by atoms with van der Waals surface area (Å²) in [6, 6.07) is 0. The quantitative estimate of drug-likeness (QED) is 0.277. The predicted molar refractivity (Wildman–Crippen MR) is 41.6 cm³/mol. The van der Waals surface area contributed by atoms with Gasteiger partial charge in [-0.2, -0.15) is 0 Å². The third kappa shape index (κ3) is 371. The molecule has 9 nitrogen and oxygen atoms in total. The normalized spacial score (nSPS) is 8.23. The van der Waals surface area contributed by atoms with E-state index in [1.165, 1.54) is 0 Å². The largest absolute Gasteiger partial charge is 0.480 e. The van der Waals surface area contributed by atoms with Crippen LogP contribution in [0, 0.1) is 0 Å². The molecule has 0 heterocycles. The van der Waals surface area contributed by atoms with E-state index in [1.807, 2.05) is 0 Å². The van der Waals surface area contributed by atoms with Gasteiger partial charge in [-0.15, -0.1) is 0 Å². The molecule has 0 bridgehead atoms. The van der Waals surface area contributed by atoms with Crippen molar-refractivity contribution < 1.29 is 43.7 Å². The van der Waals surface area contributed by atoms with Gasteiger partial charge < -0.3 is 29.8 Å². The molecule has 0 aromatic carbocycles. The Morgan fingerprint density at radius 1 is 1.00 bits per heavy atom. The summed E-state index contributed by atoms with van der Waals surface area (Å²) < 4.78 is 17.5. The highest BCUT2D eigenvalue weighted by molar-refractivity contribution is 7.31. The van der Waals surface area contributed by atoms with E-state index in [2.05, 4.69) is 0 Å². The zero-order chi connectivity index (χ0) is 11.4. The van der Waals surface area contributed by atoms with Crippen LogP contribution in [0.3, 0.4) is 0 Å². The number of aliphatic hydroxyl groups excluding tert-OH is 1. The van der Waals surface area contributed by atoms with E-state index in [-0.39, 0.29) is 0 Å². The van der Waals surface area contributed by atoms with Crippen molar-refractivity contribution in [3.63, 3.8) is 0 Å². The van der Waals surface area contributed by atoms with Gasteiger partial charge >= 0.3 is 22.5 Å². The molecular weight excluding hydrogens is 230 g/mol. The lowest BCUT2D eigenvalue weighted by Crippen LogP contribution is -1.98. The lowest BCUT2D eigenvalue weighted by Gasteiger charge is -1.72. The number of aliphatic carboxylic acids is 1. The number of carbonyl (C=O) groups is 1. The third-order valence-corrected chi connectivity index (χ3v) is 0.135. The standard InChI is InChI=1S/C2H4O3.2H3O3P/c3-1-2(4)5;2*1-4(2)3/h3H,1H2,(H,4,5);2*4H,(H2,1,2,3). The van der Waals surface area contributed by atoms with Crippen LogP contribution in [0.2, 0.25) is 0 Å². The van der Waals surface area contributed by atoms with Crippen LogP contribution in [0.1, 0.15) is 0 Å². The fourth-order valence-corrected chi connectivity index (χ4v) is 0. The Bertz CT molecular complexity index is 145. The molecule has 0 aromatic rings. The lowest BCUT2D eigenvalue weighted by atomic mass is 10.8. The average molecular weight is 240 g/mol. The van der Waals surface area contributed by atoms with Gasteiger partial charge in [-0.25, -0.2) is 4.79 Å². The van der Waals surface area contributed by atoms with Crippen LogP contribution in [-0.4, -0.2) is 42.4 Å². The predicted octanol–water partition coefficient (Wildman–Crippen LogP) is -2.22. The number of carboxylic acids is 1. The average Bonchev–Trinajstić information content (AvgIpc) is 1.84. The van der Waals surface area contributed by atoms with Crippen LogP contribution in [-0.2, 0) is 13.9 Å². The summed E-state index contributed by atoms with van der Waals surface area (Å²) in [5.74, 6) is -1.19. The number of carboxylic acid groups (broad SMARTS) is 1. The summed E-state index contributed by atoms with van der Waals surface area (Å²) in [4.78, 5) is 37.7. The van der Waals surface area contributed by atoms with Crippen molar-refractivity contribution in [3.8, 4) is 0 Å². The van der Waals surface area contributed by atoms with Crippen molar-refractivity contribution in [2.75, 3.05) is 6.61 Å². The molecule has 6 N–H and O–H groups in total. The topological polar surface area (TPSA) is 173 Å². The zero-order valence-electron chi connectivity index (χ0n) is 6.12. The van der Waals surface area contributed by atoms with Gasteiger partial charge in [0.15, 0.2) is 0 Å². The van der Waals surface area contributed by atoms with Gasteiger partial charge in [-0.05, 0) is 0 Å². The number of rotatable bonds is 1. The maximum atomic E-state index is 9.12. The first-order valence-corrected chi connectivity index (χ1v) is 5.01. The van der Waals surface area contributed by atoms with Gasteiger partial charge in [0.05, 0.1) is 0 Å². The SMILES string of the molecule is O=C(O)CO.O=[PH](O)O.O=[PH](O)O. The molecule has 0 aromatic heterocycles. The van der Waals surface area contributed by atoms with E-state index >= 15 is 0 Å². The molecule has 0 atom stereocenters. The van der Waals surface area contributed by atoms with E-state index in [0.29, 0.717) is 0 Å². The Hall–Kier alpha value is -0.270. The summed E-state index contributed by atoms with van der Waals surface area (Å²) in [7, 11) is -6.26. The molecule has 11 heteroatoms.